The number of amides is 1. The van der Waals surface area contributed by atoms with Crippen LogP contribution >= 0.6 is 0 Å². The number of aromatic nitrogens is 1. The maximum absolute atomic E-state index is 12.3. The molecule has 1 amide bonds. The number of nitrogen functional groups attached to an aromatic ring is 1. The minimum Gasteiger partial charge on any atom is -0.496 e. The number of carbonyl (C=O) groups excluding carboxylic acids is 1. The van der Waals surface area contributed by atoms with Crippen molar-refractivity contribution in [2.24, 2.45) is 5.41 Å². The quantitative estimate of drug-likeness (QED) is 0.662. The van der Waals surface area contributed by atoms with Gasteiger partial charge in [0.15, 0.2) is 0 Å². The van der Waals surface area contributed by atoms with Crippen LogP contribution in [0.2, 0.25) is 0 Å². The van der Waals surface area contributed by atoms with Gasteiger partial charge in [0.2, 0.25) is 5.91 Å². The number of nitrogens with zero attached hydrogens (tertiary/aromatic N) is 1. The van der Waals surface area contributed by atoms with E-state index >= 15 is 0 Å². The number of hydrogen-bond donors (Lipinski definition) is 3. The first-order chi connectivity index (χ1) is 12.4. The first-order valence-corrected chi connectivity index (χ1v) is 8.69. The van der Waals surface area contributed by atoms with Gasteiger partial charge in [-0.3, -0.25) is 9.78 Å². The minimum absolute atomic E-state index is 0.0192. The van der Waals surface area contributed by atoms with Crippen LogP contribution in [0.15, 0.2) is 12.7 Å². The average molecular weight is 375 g/mol. The number of carbonyl (C=O) groups is 2. The summed E-state index contributed by atoms with van der Waals surface area (Å²) in [6, 6.07) is 0.0192. The SMILES string of the molecule is C=C/C=c1/nc(C)c(C(=O)O)c(N)/c1=C(/C)OCC(C)(C)C(=O)NC(C)C. The molecule has 0 aliphatic heterocycles. The second kappa shape index (κ2) is 8.70. The van der Waals surface area contributed by atoms with Crippen molar-refractivity contribution in [3.63, 3.8) is 0 Å². The number of carboxylic acid groups (broad SMARTS) is 1. The molecule has 4 N–H and O–H groups in total. The summed E-state index contributed by atoms with van der Waals surface area (Å²) in [4.78, 5) is 28.2. The number of allylic oxidation sites excluding steroid dienone is 1. The zero-order chi connectivity index (χ0) is 20.9. The highest BCUT2D eigenvalue weighted by Gasteiger charge is 2.29. The Morgan fingerprint density at radius 2 is 2.00 bits per heavy atom. The molecule has 0 bridgehead atoms. The fraction of sp³-hybridized carbons (Fsp3) is 0.450. The Morgan fingerprint density at radius 3 is 2.48 bits per heavy atom. The van der Waals surface area contributed by atoms with Crippen LogP contribution in [0, 0.1) is 12.3 Å². The van der Waals surface area contributed by atoms with Gasteiger partial charge >= 0.3 is 5.97 Å². The van der Waals surface area contributed by atoms with Crippen molar-refractivity contribution < 1.29 is 19.4 Å². The van der Waals surface area contributed by atoms with E-state index in [1.165, 1.54) is 0 Å². The molecule has 1 rings (SSSR count). The predicted octanol–water partition coefficient (Wildman–Crippen LogP) is 1.33. The fourth-order valence-electron chi connectivity index (χ4n) is 2.51. The summed E-state index contributed by atoms with van der Waals surface area (Å²) in [7, 11) is 0. The maximum atomic E-state index is 12.3. The van der Waals surface area contributed by atoms with Crippen molar-refractivity contribution in [3.8, 4) is 0 Å². The standard InChI is InChI=1S/C20H29N3O4/c1-8-9-14-16(17(21)15(18(24)25)12(4)23-14)13(5)27-10-20(6,7)19(26)22-11(2)3/h8-9,11H,1,10,21H2,2-7H3,(H,22,26)(H,24,25)/b14-9+,16-13-. The molecular formula is C20H29N3O4. The lowest BCUT2D eigenvalue weighted by atomic mass is 9.93. The van der Waals surface area contributed by atoms with Crippen molar-refractivity contribution in [1.29, 1.82) is 0 Å². The number of hydrogen-bond acceptors (Lipinski definition) is 5. The number of aromatic carboxylic acids is 1. The van der Waals surface area contributed by atoms with Crippen molar-refractivity contribution in [1.82, 2.24) is 10.3 Å². The number of anilines is 1. The third-order valence-electron chi connectivity index (χ3n) is 3.97. The van der Waals surface area contributed by atoms with Crippen molar-refractivity contribution in [3.05, 3.63) is 34.5 Å². The van der Waals surface area contributed by atoms with Crippen molar-refractivity contribution in [2.45, 2.75) is 47.6 Å². The highest BCUT2D eigenvalue weighted by Crippen LogP contribution is 2.18. The summed E-state index contributed by atoms with van der Waals surface area (Å²) in [5, 5.41) is 13.1. The van der Waals surface area contributed by atoms with E-state index in [0.717, 1.165) is 0 Å². The lowest BCUT2D eigenvalue weighted by Crippen LogP contribution is -2.43. The number of aryl methyl sites for hydroxylation is 1. The molecule has 0 fully saturated rings. The highest BCUT2D eigenvalue weighted by molar-refractivity contribution is 5.95. The fourth-order valence-corrected chi connectivity index (χ4v) is 2.51. The summed E-state index contributed by atoms with van der Waals surface area (Å²) >= 11 is 0. The first-order valence-electron chi connectivity index (χ1n) is 8.69. The zero-order valence-corrected chi connectivity index (χ0v) is 16.8. The molecule has 27 heavy (non-hydrogen) atoms. The van der Waals surface area contributed by atoms with Gasteiger partial charge in [0.05, 0.1) is 27.4 Å². The number of carboxylic acids is 1. The van der Waals surface area contributed by atoms with Crippen LogP contribution in [0.1, 0.15) is 50.7 Å². The van der Waals surface area contributed by atoms with Gasteiger partial charge in [-0.1, -0.05) is 12.7 Å². The molecule has 1 aromatic heterocycles. The molecule has 0 aromatic carbocycles. The number of pyridine rings is 1. The molecule has 1 heterocycles. The highest BCUT2D eigenvalue weighted by atomic mass is 16.5. The minimum atomic E-state index is -1.16. The predicted molar refractivity (Wildman–Crippen MR) is 106 cm³/mol. The molecule has 7 heteroatoms. The molecule has 148 valence electrons. The van der Waals surface area contributed by atoms with Crippen LogP contribution in [-0.4, -0.2) is 34.6 Å². The molecule has 0 radical (unpaired) electrons. The van der Waals surface area contributed by atoms with Crippen LogP contribution < -0.4 is 21.6 Å². The summed E-state index contributed by atoms with van der Waals surface area (Å²) in [6.45, 7) is 14.3. The largest absolute Gasteiger partial charge is 0.496 e. The summed E-state index contributed by atoms with van der Waals surface area (Å²) < 4.78 is 5.83. The van der Waals surface area contributed by atoms with Crippen LogP contribution in [0.25, 0.3) is 11.8 Å². The van der Waals surface area contributed by atoms with Crippen molar-refractivity contribution in [2.75, 3.05) is 12.3 Å². The number of nitrogens with two attached hydrogens (primary N) is 1. The van der Waals surface area contributed by atoms with E-state index < -0.39 is 11.4 Å². The van der Waals surface area contributed by atoms with Gasteiger partial charge in [-0.15, -0.1) is 0 Å². The van der Waals surface area contributed by atoms with E-state index in [-0.39, 0.29) is 29.8 Å². The Balaban J connectivity index is 3.44. The molecule has 0 spiro atoms. The summed E-state index contributed by atoms with van der Waals surface area (Å²) in [6.07, 6.45) is 3.17. The van der Waals surface area contributed by atoms with Crippen LogP contribution in [-0.2, 0) is 9.53 Å². The normalized spacial score (nSPS) is 13.4. The van der Waals surface area contributed by atoms with Gasteiger partial charge < -0.3 is 20.9 Å². The van der Waals surface area contributed by atoms with Crippen LogP contribution in [0.5, 0.6) is 0 Å². The van der Waals surface area contributed by atoms with E-state index in [4.69, 9.17) is 10.5 Å². The smallest absolute Gasteiger partial charge is 0.339 e. The monoisotopic (exact) mass is 375 g/mol. The lowest BCUT2D eigenvalue weighted by Gasteiger charge is -2.25. The summed E-state index contributed by atoms with van der Waals surface area (Å²) in [5.41, 5.74) is 5.66. The van der Waals surface area contributed by atoms with Gasteiger partial charge in [0.25, 0.3) is 0 Å². The molecule has 0 unspecified atom stereocenters. The molecular weight excluding hydrogens is 346 g/mol. The molecule has 0 aliphatic carbocycles. The van der Waals surface area contributed by atoms with Crippen LogP contribution in [0.4, 0.5) is 5.69 Å². The number of nitrogens with one attached hydrogen (secondary N) is 1. The summed E-state index contributed by atoms with van der Waals surface area (Å²) in [5.74, 6) is -0.904. The Hall–Kier alpha value is -2.83. The van der Waals surface area contributed by atoms with Gasteiger partial charge in [-0.2, -0.15) is 0 Å². The maximum Gasteiger partial charge on any atom is 0.339 e. The Labute approximate surface area is 159 Å². The van der Waals surface area contributed by atoms with Crippen LogP contribution in [0.3, 0.4) is 0 Å². The first kappa shape index (κ1) is 22.2. The molecule has 0 saturated heterocycles. The van der Waals surface area contributed by atoms with Gasteiger partial charge in [-0.05, 0) is 47.6 Å². The molecule has 7 nitrogen and oxygen atoms in total. The van der Waals surface area contributed by atoms with Crippen molar-refractivity contribution >= 4 is 29.4 Å². The third kappa shape index (κ3) is 5.32. The Bertz CT molecular complexity index is 870. The van der Waals surface area contributed by atoms with E-state index in [9.17, 15) is 14.7 Å². The number of ether oxygens (including phenoxy) is 1. The topological polar surface area (TPSA) is 115 Å². The molecule has 0 saturated carbocycles. The zero-order valence-electron chi connectivity index (χ0n) is 16.8. The third-order valence-corrected chi connectivity index (χ3v) is 3.97. The van der Waals surface area contributed by atoms with E-state index in [2.05, 4.69) is 16.9 Å². The van der Waals surface area contributed by atoms with Gasteiger partial charge in [0.1, 0.15) is 17.9 Å². The molecule has 0 atom stereocenters. The van der Waals surface area contributed by atoms with Gasteiger partial charge in [-0.25, -0.2) is 4.79 Å². The second-order valence-corrected chi connectivity index (χ2v) is 7.31. The van der Waals surface area contributed by atoms with Gasteiger partial charge in [0, 0.05) is 6.04 Å². The van der Waals surface area contributed by atoms with E-state index in [0.29, 0.717) is 22.0 Å². The van der Waals surface area contributed by atoms with E-state index in [1.807, 2.05) is 13.8 Å². The lowest BCUT2D eigenvalue weighted by molar-refractivity contribution is -0.131. The molecule has 0 aliphatic rings. The Morgan fingerprint density at radius 1 is 1.41 bits per heavy atom. The van der Waals surface area contributed by atoms with E-state index in [1.54, 1.807) is 39.8 Å². The second-order valence-electron chi connectivity index (χ2n) is 7.31. The number of rotatable bonds is 7. The average Bonchev–Trinajstić information content (AvgIpc) is 2.51. The molecule has 1 aromatic rings. The Kier molecular flexibility index (Phi) is 7.16.